The molecule has 0 bridgehead atoms. The summed E-state index contributed by atoms with van der Waals surface area (Å²) in [7, 11) is 1.66. The summed E-state index contributed by atoms with van der Waals surface area (Å²) in [5, 5.41) is 6.15. The highest BCUT2D eigenvalue weighted by molar-refractivity contribution is 5.93. The van der Waals surface area contributed by atoms with E-state index in [9.17, 15) is 4.79 Å². The zero-order valence-corrected chi connectivity index (χ0v) is 12.3. The van der Waals surface area contributed by atoms with Crippen LogP contribution in [-0.2, 0) is 11.2 Å². The van der Waals surface area contributed by atoms with Crippen molar-refractivity contribution in [2.45, 2.75) is 32.4 Å². The standard InChI is InChI=1S/C13H20N2O3.ClH/c1-4-9-5-8(2)12(18-9)13(16)15-10-6-14-7-11(10)17-3;/h5,10-11,14H,4,6-7H2,1-3H3,(H,15,16);1H/t10?,11-;/m0./s1. The fraction of sp³-hybridized carbons (Fsp3) is 0.615. The molecule has 1 amide bonds. The zero-order valence-electron chi connectivity index (χ0n) is 11.5. The molecule has 5 nitrogen and oxygen atoms in total. The smallest absolute Gasteiger partial charge is 0.287 e. The predicted octanol–water partition coefficient (Wildman–Crippen LogP) is 1.29. The first-order valence-corrected chi connectivity index (χ1v) is 6.29. The van der Waals surface area contributed by atoms with Crippen LogP contribution in [0.25, 0.3) is 0 Å². The lowest BCUT2D eigenvalue weighted by atomic mass is 10.2. The minimum atomic E-state index is -0.164. The number of methoxy groups -OCH3 is 1. The number of amides is 1. The predicted molar refractivity (Wildman–Crippen MR) is 75.0 cm³/mol. The Hall–Kier alpha value is -1.04. The van der Waals surface area contributed by atoms with Gasteiger partial charge in [0.15, 0.2) is 5.76 Å². The molecule has 1 saturated heterocycles. The monoisotopic (exact) mass is 288 g/mol. The lowest BCUT2D eigenvalue weighted by Gasteiger charge is -2.17. The summed E-state index contributed by atoms with van der Waals surface area (Å²) in [6.45, 7) is 5.38. The van der Waals surface area contributed by atoms with Gasteiger partial charge in [0.1, 0.15) is 5.76 Å². The van der Waals surface area contributed by atoms with E-state index in [0.29, 0.717) is 5.76 Å². The van der Waals surface area contributed by atoms with Crippen LogP contribution in [0.15, 0.2) is 10.5 Å². The highest BCUT2D eigenvalue weighted by Gasteiger charge is 2.29. The maximum Gasteiger partial charge on any atom is 0.287 e. The van der Waals surface area contributed by atoms with E-state index in [4.69, 9.17) is 9.15 Å². The Labute approximate surface area is 119 Å². The first-order chi connectivity index (χ1) is 8.65. The molecule has 1 aromatic rings. The Balaban J connectivity index is 0.00000180. The summed E-state index contributed by atoms with van der Waals surface area (Å²) in [6.07, 6.45) is 0.814. The molecular formula is C13H21ClN2O3. The molecule has 0 spiro atoms. The second-order valence-corrected chi connectivity index (χ2v) is 4.59. The topological polar surface area (TPSA) is 63.5 Å². The van der Waals surface area contributed by atoms with Gasteiger partial charge in [0, 0.05) is 32.2 Å². The summed E-state index contributed by atoms with van der Waals surface area (Å²) in [4.78, 5) is 12.1. The Morgan fingerprint density at radius 3 is 2.89 bits per heavy atom. The van der Waals surface area contributed by atoms with E-state index in [1.807, 2.05) is 19.9 Å². The minimum Gasteiger partial charge on any atom is -0.456 e. The molecule has 19 heavy (non-hydrogen) atoms. The first kappa shape index (κ1) is 16.0. The van der Waals surface area contributed by atoms with E-state index < -0.39 is 0 Å². The van der Waals surface area contributed by atoms with Gasteiger partial charge in [-0.15, -0.1) is 12.4 Å². The van der Waals surface area contributed by atoms with Gasteiger partial charge < -0.3 is 19.8 Å². The Kier molecular flexibility index (Phi) is 5.85. The number of nitrogens with one attached hydrogen (secondary N) is 2. The van der Waals surface area contributed by atoms with Crippen molar-refractivity contribution in [1.29, 1.82) is 0 Å². The van der Waals surface area contributed by atoms with Gasteiger partial charge in [0.2, 0.25) is 0 Å². The number of rotatable bonds is 4. The molecule has 2 N–H and O–H groups in total. The van der Waals surface area contributed by atoms with Crippen LogP contribution in [0, 0.1) is 6.92 Å². The van der Waals surface area contributed by atoms with Gasteiger partial charge in [0.25, 0.3) is 5.91 Å². The van der Waals surface area contributed by atoms with Gasteiger partial charge >= 0.3 is 0 Å². The van der Waals surface area contributed by atoms with Crippen LogP contribution in [0.5, 0.6) is 0 Å². The van der Waals surface area contributed by atoms with Crippen molar-refractivity contribution in [1.82, 2.24) is 10.6 Å². The van der Waals surface area contributed by atoms with E-state index >= 15 is 0 Å². The van der Waals surface area contributed by atoms with E-state index in [0.717, 1.165) is 30.8 Å². The van der Waals surface area contributed by atoms with Crippen LogP contribution in [0.3, 0.4) is 0 Å². The number of ether oxygens (including phenoxy) is 1. The molecule has 1 aromatic heterocycles. The Bertz CT molecular complexity index is 434. The van der Waals surface area contributed by atoms with Crippen molar-refractivity contribution in [3.05, 3.63) is 23.2 Å². The largest absolute Gasteiger partial charge is 0.456 e. The molecule has 6 heteroatoms. The van der Waals surface area contributed by atoms with Crippen molar-refractivity contribution in [3.63, 3.8) is 0 Å². The van der Waals surface area contributed by atoms with Gasteiger partial charge in [-0.2, -0.15) is 0 Å². The molecule has 0 saturated carbocycles. The third-order valence-corrected chi connectivity index (χ3v) is 3.30. The Morgan fingerprint density at radius 2 is 2.32 bits per heavy atom. The molecule has 1 fully saturated rings. The van der Waals surface area contributed by atoms with Crippen LogP contribution >= 0.6 is 12.4 Å². The quantitative estimate of drug-likeness (QED) is 0.876. The lowest BCUT2D eigenvalue weighted by Crippen LogP contribution is -2.43. The lowest BCUT2D eigenvalue weighted by molar-refractivity contribution is 0.0758. The van der Waals surface area contributed by atoms with E-state index in [-0.39, 0.29) is 30.5 Å². The van der Waals surface area contributed by atoms with Crippen LogP contribution in [0.2, 0.25) is 0 Å². The number of aryl methyl sites for hydroxylation is 2. The summed E-state index contributed by atoms with van der Waals surface area (Å²) in [5.74, 6) is 1.09. The summed E-state index contributed by atoms with van der Waals surface area (Å²) in [5.41, 5.74) is 0.879. The summed E-state index contributed by atoms with van der Waals surface area (Å²) in [6, 6.07) is 1.91. The van der Waals surface area contributed by atoms with E-state index in [1.165, 1.54) is 0 Å². The normalized spacial score (nSPS) is 22.1. The number of halogens is 1. The van der Waals surface area contributed by atoms with Crippen molar-refractivity contribution < 1.29 is 13.9 Å². The van der Waals surface area contributed by atoms with Crippen molar-refractivity contribution >= 4 is 18.3 Å². The molecule has 2 rings (SSSR count). The van der Waals surface area contributed by atoms with Crippen molar-refractivity contribution in [2.75, 3.05) is 20.2 Å². The third kappa shape index (κ3) is 3.49. The zero-order chi connectivity index (χ0) is 13.1. The number of furan rings is 1. The molecular weight excluding hydrogens is 268 g/mol. The molecule has 0 aromatic carbocycles. The van der Waals surface area contributed by atoms with Crippen molar-refractivity contribution in [2.24, 2.45) is 0 Å². The number of carbonyl (C=O) groups excluding carboxylic acids is 1. The fourth-order valence-corrected chi connectivity index (χ4v) is 2.23. The molecule has 2 atom stereocenters. The molecule has 0 radical (unpaired) electrons. The van der Waals surface area contributed by atoms with Crippen LogP contribution in [-0.4, -0.2) is 38.3 Å². The second kappa shape index (κ2) is 6.93. The minimum absolute atomic E-state index is 0. The maximum atomic E-state index is 12.1. The van der Waals surface area contributed by atoms with E-state index in [1.54, 1.807) is 7.11 Å². The molecule has 2 heterocycles. The van der Waals surface area contributed by atoms with Crippen LogP contribution < -0.4 is 10.6 Å². The van der Waals surface area contributed by atoms with Crippen LogP contribution in [0.1, 0.15) is 28.8 Å². The van der Waals surface area contributed by atoms with Gasteiger partial charge in [0.05, 0.1) is 12.1 Å². The molecule has 0 aliphatic carbocycles. The second-order valence-electron chi connectivity index (χ2n) is 4.59. The number of carbonyl (C=O) groups is 1. The maximum absolute atomic E-state index is 12.1. The summed E-state index contributed by atoms with van der Waals surface area (Å²) < 4.78 is 10.8. The highest BCUT2D eigenvalue weighted by atomic mass is 35.5. The molecule has 1 aliphatic rings. The Morgan fingerprint density at radius 1 is 1.58 bits per heavy atom. The summed E-state index contributed by atoms with van der Waals surface area (Å²) >= 11 is 0. The number of hydrogen-bond acceptors (Lipinski definition) is 4. The van der Waals surface area contributed by atoms with Gasteiger partial charge in [-0.05, 0) is 13.0 Å². The highest BCUT2D eigenvalue weighted by Crippen LogP contribution is 2.15. The van der Waals surface area contributed by atoms with Crippen LogP contribution in [0.4, 0.5) is 0 Å². The van der Waals surface area contributed by atoms with Crippen molar-refractivity contribution in [3.8, 4) is 0 Å². The van der Waals surface area contributed by atoms with Gasteiger partial charge in [-0.1, -0.05) is 6.92 Å². The average Bonchev–Trinajstić information content (AvgIpc) is 2.95. The molecule has 1 aliphatic heterocycles. The van der Waals surface area contributed by atoms with Gasteiger partial charge in [-0.25, -0.2) is 0 Å². The molecule has 1 unspecified atom stereocenters. The number of hydrogen-bond donors (Lipinski definition) is 2. The van der Waals surface area contributed by atoms with E-state index in [2.05, 4.69) is 10.6 Å². The first-order valence-electron chi connectivity index (χ1n) is 6.29. The van der Waals surface area contributed by atoms with Gasteiger partial charge in [-0.3, -0.25) is 4.79 Å². The average molecular weight is 289 g/mol. The fourth-order valence-electron chi connectivity index (χ4n) is 2.23. The third-order valence-electron chi connectivity index (χ3n) is 3.30. The molecule has 108 valence electrons. The SMILES string of the molecule is CCc1cc(C)c(C(=O)NC2CNC[C@@H]2OC)o1.Cl.